The van der Waals surface area contributed by atoms with Gasteiger partial charge in [-0.3, -0.25) is 4.79 Å². The number of hydrogen-bond donors (Lipinski definition) is 3. The first-order valence-electron chi connectivity index (χ1n) is 10.9. The van der Waals surface area contributed by atoms with Gasteiger partial charge >= 0.3 is 0 Å². The van der Waals surface area contributed by atoms with E-state index in [0.29, 0.717) is 6.61 Å². The number of nitrogens with one attached hydrogen (secondary N) is 1. The van der Waals surface area contributed by atoms with Crippen LogP contribution in [0, 0.1) is 5.92 Å². The van der Waals surface area contributed by atoms with Crippen molar-refractivity contribution < 1.29 is 34.0 Å². The topological polar surface area (TPSA) is 106 Å². The van der Waals surface area contributed by atoms with E-state index in [-0.39, 0.29) is 48.7 Å². The molecule has 2 saturated heterocycles. The number of aliphatic hydroxyl groups excluding tert-OH is 2. The summed E-state index contributed by atoms with van der Waals surface area (Å²) in [6.07, 6.45) is -3.39. The van der Waals surface area contributed by atoms with Crippen molar-refractivity contribution >= 4 is 5.91 Å². The summed E-state index contributed by atoms with van der Waals surface area (Å²) in [4.78, 5) is 12.6. The van der Waals surface area contributed by atoms with Crippen molar-refractivity contribution in [1.82, 2.24) is 5.32 Å². The van der Waals surface area contributed by atoms with E-state index in [2.05, 4.69) is 5.32 Å². The summed E-state index contributed by atoms with van der Waals surface area (Å²) < 4.78 is 23.4. The molecule has 2 aliphatic rings. The maximum Gasteiger partial charge on any atom is 0.220 e. The fourth-order valence-electron chi connectivity index (χ4n) is 3.91. The Hall–Kier alpha value is -0.770. The molecular weight excluding hydrogens is 390 g/mol. The standard InChI is InChI=1S/C22H41NO7/c1-12-18(25)14(16(29-12)11-27-21(3,4)5)9-17(24)23-10-15-20(30-22(6,7)8)19(26)13(2)28-15/h12-16,18-20,25-26H,9-11H2,1-8H3,(H,23,24)/t12-,13-,14-,15+,16+,18?,19?,20-/m0/s1. The predicted molar refractivity (Wildman–Crippen MR) is 112 cm³/mol. The van der Waals surface area contributed by atoms with E-state index >= 15 is 0 Å². The summed E-state index contributed by atoms with van der Waals surface area (Å²) in [5.74, 6) is -0.553. The van der Waals surface area contributed by atoms with Gasteiger partial charge in [0.15, 0.2) is 0 Å². The van der Waals surface area contributed by atoms with Crippen molar-refractivity contribution in [2.45, 2.75) is 116 Å². The molecule has 8 atom stereocenters. The number of rotatable bonds is 7. The van der Waals surface area contributed by atoms with Gasteiger partial charge in [0, 0.05) is 18.9 Å². The van der Waals surface area contributed by atoms with Crippen LogP contribution in [0.1, 0.15) is 61.8 Å². The van der Waals surface area contributed by atoms with Gasteiger partial charge in [-0.05, 0) is 55.4 Å². The first-order valence-corrected chi connectivity index (χ1v) is 10.9. The van der Waals surface area contributed by atoms with Gasteiger partial charge in [-0.25, -0.2) is 0 Å². The highest BCUT2D eigenvalue weighted by atomic mass is 16.6. The first-order chi connectivity index (χ1) is 13.7. The molecule has 0 aromatic carbocycles. The molecule has 0 aromatic rings. The Bertz CT molecular complexity index is 571. The molecule has 0 spiro atoms. The van der Waals surface area contributed by atoms with E-state index < -0.39 is 30.0 Å². The molecule has 8 nitrogen and oxygen atoms in total. The van der Waals surface area contributed by atoms with Crippen LogP contribution >= 0.6 is 0 Å². The maximum atomic E-state index is 12.6. The number of carbonyl (C=O) groups is 1. The highest BCUT2D eigenvalue weighted by Crippen LogP contribution is 2.31. The van der Waals surface area contributed by atoms with E-state index in [4.69, 9.17) is 18.9 Å². The molecule has 0 aromatic heterocycles. The Balaban J connectivity index is 1.91. The van der Waals surface area contributed by atoms with Crippen LogP contribution in [0.15, 0.2) is 0 Å². The van der Waals surface area contributed by atoms with E-state index in [0.717, 1.165) is 0 Å². The molecule has 2 heterocycles. The molecule has 2 fully saturated rings. The van der Waals surface area contributed by atoms with Crippen LogP contribution in [0.25, 0.3) is 0 Å². The van der Waals surface area contributed by atoms with E-state index in [1.165, 1.54) is 0 Å². The molecule has 8 heteroatoms. The zero-order valence-corrected chi connectivity index (χ0v) is 19.7. The van der Waals surface area contributed by atoms with E-state index in [1.807, 2.05) is 41.5 Å². The van der Waals surface area contributed by atoms with Gasteiger partial charge in [0.25, 0.3) is 0 Å². The number of aliphatic hydroxyl groups is 2. The lowest BCUT2D eigenvalue weighted by Crippen LogP contribution is -2.45. The second-order valence-corrected chi connectivity index (χ2v) is 10.5. The Morgan fingerprint density at radius 3 is 2.07 bits per heavy atom. The molecular formula is C22H41NO7. The Kier molecular flexibility index (Phi) is 8.32. The molecule has 0 bridgehead atoms. The van der Waals surface area contributed by atoms with Crippen molar-refractivity contribution in [2.75, 3.05) is 13.2 Å². The van der Waals surface area contributed by atoms with Crippen LogP contribution in [0.2, 0.25) is 0 Å². The average molecular weight is 432 g/mol. The minimum absolute atomic E-state index is 0.124. The summed E-state index contributed by atoms with van der Waals surface area (Å²) in [5, 5.41) is 23.7. The van der Waals surface area contributed by atoms with Gasteiger partial charge in [-0.2, -0.15) is 0 Å². The number of amides is 1. The third kappa shape index (κ3) is 7.14. The fourth-order valence-corrected chi connectivity index (χ4v) is 3.91. The van der Waals surface area contributed by atoms with Gasteiger partial charge in [-0.15, -0.1) is 0 Å². The van der Waals surface area contributed by atoms with Crippen LogP contribution in [-0.4, -0.2) is 83.2 Å². The Morgan fingerprint density at radius 2 is 1.50 bits per heavy atom. The molecule has 30 heavy (non-hydrogen) atoms. The number of hydrogen-bond acceptors (Lipinski definition) is 7. The second kappa shape index (κ2) is 9.79. The van der Waals surface area contributed by atoms with Gasteiger partial charge < -0.3 is 34.5 Å². The van der Waals surface area contributed by atoms with E-state index in [1.54, 1.807) is 13.8 Å². The largest absolute Gasteiger partial charge is 0.390 e. The number of carbonyl (C=O) groups excluding carboxylic acids is 1. The monoisotopic (exact) mass is 431 g/mol. The Morgan fingerprint density at radius 1 is 0.933 bits per heavy atom. The van der Waals surface area contributed by atoms with Crippen molar-refractivity contribution in [3.63, 3.8) is 0 Å². The summed E-state index contributed by atoms with van der Waals surface area (Å²) >= 11 is 0. The lowest BCUT2D eigenvalue weighted by Gasteiger charge is -2.29. The van der Waals surface area contributed by atoms with Crippen molar-refractivity contribution in [3.05, 3.63) is 0 Å². The lowest BCUT2D eigenvalue weighted by atomic mass is 9.92. The van der Waals surface area contributed by atoms with Crippen molar-refractivity contribution in [3.8, 4) is 0 Å². The molecule has 0 radical (unpaired) electrons. The minimum Gasteiger partial charge on any atom is -0.390 e. The highest BCUT2D eigenvalue weighted by Gasteiger charge is 2.45. The normalized spacial score (nSPS) is 37.5. The molecule has 3 N–H and O–H groups in total. The van der Waals surface area contributed by atoms with Crippen molar-refractivity contribution in [1.29, 1.82) is 0 Å². The van der Waals surface area contributed by atoms with Crippen LogP contribution in [0.3, 0.4) is 0 Å². The second-order valence-electron chi connectivity index (χ2n) is 10.5. The average Bonchev–Trinajstić information content (AvgIpc) is 3.01. The predicted octanol–water partition coefficient (Wildman–Crippen LogP) is 1.40. The summed E-state index contributed by atoms with van der Waals surface area (Å²) in [6.45, 7) is 15.8. The summed E-state index contributed by atoms with van der Waals surface area (Å²) in [5.41, 5.74) is -0.768. The number of ether oxygens (including phenoxy) is 4. The third-order valence-electron chi connectivity index (χ3n) is 5.45. The molecule has 1 amide bonds. The molecule has 0 saturated carbocycles. The molecule has 2 rings (SSSR count). The quantitative estimate of drug-likeness (QED) is 0.559. The zero-order chi connectivity index (χ0) is 22.9. The SMILES string of the molecule is C[C@@H]1O[C@H](COC(C)(C)C)[C@H](CC(=O)NC[C@H]2O[C@@H](C)C(O)[C@H]2OC(C)(C)C)C1O. The van der Waals surface area contributed by atoms with Crippen molar-refractivity contribution in [2.24, 2.45) is 5.92 Å². The zero-order valence-electron chi connectivity index (χ0n) is 19.7. The minimum atomic E-state index is -0.754. The maximum absolute atomic E-state index is 12.6. The van der Waals surface area contributed by atoms with Crippen LogP contribution in [-0.2, 0) is 23.7 Å². The lowest BCUT2D eigenvalue weighted by molar-refractivity contribution is -0.127. The first kappa shape index (κ1) is 25.5. The molecule has 2 aliphatic heterocycles. The molecule has 0 aliphatic carbocycles. The van der Waals surface area contributed by atoms with Gasteiger partial charge in [-0.1, -0.05) is 0 Å². The summed E-state index contributed by atoms with van der Waals surface area (Å²) in [7, 11) is 0. The van der Waals surface area contributed by atoms with Crippen LogP contribution in [0.4, 0.5) is 0 Å². The molecule has 176 valence electrons. The summed E-state index contributed by atoms with van der Waals surface area (Å²) in [6, 6.07) is 0. The van der Waals surface area contributed by atoms with Crippen LogP contribution < -0.4 is 5.32 Å². The van der Waals surface area contributed by atoms with Gasteiger partial charge in [0.2, 0.25) is 5.91 Å². The van der Waals surface area contributed by atoms with Gasteiger partial charge in [0.1, 0.15) is 18.3 Å². The fraction of sp³-hybridized carbons (Fsp3) is 0.955. The van der Waals surface area contributed by atoms with Gasteiger partial charge in [0.05, 0.1) is 42.2 Å². The highest BCUT2D eigenvalue weighted by molar-refractivity contribution is 5.76. The third-order valence-corrected chi connectivity index (χ3v) is 5.45. The molecule has 2 unspecified atom stereocenters. The van der Waals surface area contributed by atoms with Crippen LogP contribution in [0.5, 0.6) is 0 Å². The van der Waals surface area contributed by atoms with E-state index in [9.17, 15) is 15.0 Å². The smallest absolute Gasteiger partial charge is 0.220 e. The Labute approximate surface area is 180 Å².